The van der Waals surface area contributed by atoms with Crippen LogP contribution in [0.5, 0.6) is 11.5 Å². The van der Waals surface area contributed by atoms with Crippen LogP contribution in [0.1, 0.15) is 38.7 Å². The van der Waals surface area contributed by atoms with E-state index in [0.717, 1.165) is 17.0 Å². The molecule has 1 aliphatic carbocycles. The highest BCUT2D eigenvalue weighted by Crippen LogP contribution is 2.48. The zero-order valence-corrected chi connectivity index (χ0v) is 18.4. The molecular weight excluding hydrogens is 404 g/mol. The lowest BCUT2D eigenvalue weighted by Gasteiger charge is -2.41. The maximum absolute atomic E-state index is 13.5. The van der Waals surface area contributed by atoms with E-state index >= 15 is 0 Å². The van der Waals surface area contributed by atoms with Gasteiger partial charge in [0, 0.05) is 35.0 Å². The molecule has 0 saturated carbocycles. The molecule has 32 heavy (non-hydrogen) atoms. The normalized spacial score (nSPS) is 23.2. The molecule has 0 spiro atoms. The Morgan fingerprint density at radius 3 is 2.59 bits per heavy atom. The summed E-state index contributed by atoms with van der Waals surface area (Å²) in [6.45, 7) is 6.18. The first kappa shape index (κ1) is 20.4. The summed E-state index contributed by atoms with van der Waals surface area (Å²) in [7, 11) is 0. The molecule has 2 unspecified atom stereocenters. The average Bonchev–Trinajstić information content (AvgIpc) is 3.20. The van der Waals surface area contributed by atoms with Crippen molar-refractivity contribution in [3.8, 4) is 11.5 Å². The molecule has 2 heterocycles. The molecule has 5 rings (SSSR count). The average molecular weight is 431 g/mol. The van der Waals surface area contributed by atoms with E-state index in [1.807, 2.05) is 55.5 Å². The van der Waals surface area contributed by atoms with Gasteiger partial charge < -0.3 is 20.1 Å². The van der Waals surface area contributed by atoms with Crippen LogP contribution in [0.3, 0.4) is 0 Å². The lowest BCUT2D eigenvalue weighted by molar-refractivity contribution is -0.124. The smallest absolute Gasteiger partial charge is 0.253 e. The van der Waals surface area contributed by atoms with Crippen LogP contribution in [0.2, 0.25) is 0 Å². The fourth-order valence-corrected chi connectivity index (χ4v) is 4.95. The molecule has 164 valence electrons. The SMILES string of the molecule is CC1=C(C(=O)Nc2ccccc2)C(c2ccc3c(c2)OCO3)C2C(=O)CC(C)(C)C=C2N1. The van der Waals surface area contributed by atoms with E-state index in [0.29, 0.717) is 29.2 Å². The molecular formula is C26H26N2O4. The first-order valence-electron chi connectivity index (χ1n) is 10.8. The number of Topliss-reactive ketones (excluding diaryl/α,β-unsaturated/α-hetero) is 1. The third-order valence-corrected chi connectivity index (χ3v) is 6.27. The van der Waals surface area contributed by atoms with Gasteiger partial charge in [-0.25, -0.2) is 0 Å². The number of hydrogen-bond donors (Lipinski definition) is 2. The minimum absolute atomic E-state index is 0.125. The summed E-state index contributed by atoms with van der Waals surface area (Å²) in [5, 5.41) is 6.37. The van der Waals surface area contributed by atoms with Gasteiger partial charge in [0.1, 0.15) is 5.78 Å². The van der Waals surface area contributed by atoms with Crippen LogP contribution < -0.4 is 20.1 Å². The fourth-order valence-electron chi connectivity index (χ4n) is 4.95. The van der Waals surface area contributed by atoms with Crippen molar-refractivity contribution in [1.29, 1.82) is 0 Å². The maximum atomic E-state index is 13.5. The summed E-state index contributed by atoms with van der Waals surface area (Å²) in [5.41, 5.74) is 3.50. The van der Waals surface area contributed by atoms with Crippen LogP contribution in [0.25, 0.3) is 0 Å². The van der Waals surface area contributed by atoms with Gasteiger partial charge in [0.05, 0.1) is 5.92 Å². The van der Waals surface area contributed by atoms with Crippen molar-refractivity contribution < 1.29 is 19.1 Å². The lowest BCUT2D eigenvalue weighted by Crippen LogP contribution is -2.44. The Balaban J connectivity index is 1.63. The van der Waals surface area contributed by atoms with Gasteiger partial charge in [-0.15, -0.1) is 0 Å². The Labute approximate surface area is 187 Å². The van der Waals surface area contributed by atoms with E-state index in [4.69, 9.17) is 9.47 Å². The molecule has 0 saturated heterocycles. The molecule has 6 heteroatoms. The summed E-state index contributed by atoms with van der Waals surface area (Å²) in [6.07, 6.45) is 2.56. The van der Waals surface area contributed by atoms with Gasteiger partial charge in [0.25, 0.3) is 5.91 Å². The van der Waals surface area contributed by atoms with Crippen LogP contribution in [0, 0.1) is 11.3 Å². The van der Waals surface area contributed by atoms with Crippen molar-refractivity contribution in [3.63, 3.8) is 0 Å². The van der Waals surface area contributed by atoms with Crippen molar-refractivity contribution in [2.45, 2.75) is 33.1 Å². The van der Waals surface area contributed by atoms with Gasteiger partial charge >= 0.3 is 0 Å². The number of allylic oxidation sites excluding steroid dienone is 3. The number of para-hydroxylation sites is 1. The van der Waals surface area contributed by atoms with Gasteiger partial charge in [-0.2, -0.15) is 0 Å². The molecule has 2 atom stereocenters. The number of carbonyl (C=O) groups is 2. The van der Waals surface area contributed by atoms with Gasteiger partial charge in [-0.05, 0) is 42.2 Å². The zero-order valence-electron chi connectivity index (χ0n) is 18.4. The minimum Gasteiger partial charge on any atom is -0.454 e. The Morgan fingerprint density at radius 2 is 1.81 bits per heavy atom. The summed E-state index contributed by atoms with van der Waals surface area (Å²) in [6, 6.07) is 15.0. The number of carbonyl (C=O) groups excluding carboxylic acids is 2. The number of anilines is 1. The van der Waals surface area contributed by atoms with Gasteiger partial charge in [-0.1, -0.05) is 44.2 Å². The summed E-state index contributed by atoms with van der Waals surface area (Å²) >= 11 is 0. The molecule has 0 fully saturated rings. The Hall–Kier alpha value is -3.54. The van der Waals surface area contributed by atoms with Crippen molar-refractivity contribution >= 4 is 17.4 Å². The van der Waals surface area contributed by atoms with E-state index in [1.54, 1.807) is 0 Å². The first-order chi connectivity index (χ1) is 15.3. The van der Waals surface area contributed by atoms with E-state index in [2.05, 4.69) is 30.6 Å². The van der Waals surface area contributed by atoms with E-state index in [9.17, 15) is 9.59 Å². The summed E-state index contributed by atoms with van der Waals surface area (Å²) < 4.78 is 11.1. The molecule has 2 N–H and O–H groups in total. The Morgan fingerprint density at radius 1 is 1.06 bits per heavy atom. The fraction of sp³-hybridized carbons (Fsp3) is 0.308. The predicted molar refractivity (Wildman–Crippen MR) is 121 cm³/mol. The third-order valence-electron chi connectivity index (χ3n) is 6.27. The first-order valence-corrected chi connectivity index (χ1v) is 10.8. The standard InChI is InChI=1S/C26H26N2O4/c1-15-22(25(30)28-17-7-5-4-6-8-17)23(16-9-10-20-21(11-16)32-14-31-20)24-18(27-15)12-26(2,3)13-19(24)29/h4-12,23-24,27H,13-14H2,1-3H3,(H,28,30). The summed E-state index contributed by atoms with van der Waals surface area (Å²) in [5.74, 6) is 0.329. The second-order valence-corrected chi connectivity index (χ2v) is 9.28. The van der Waals surface area contributed by atoms with Crippen LogP contribution in [0.15, 0.2) is 71.6 Å². The molecule has 3 aliphatic rings. The highest BCUT2D eigenvalue weighted by molar-refractivity contribution is 6.07. The van der Waals surface area contributed by atoms with Crippen molar-refractivity contribution in [1.82, 2.24) is 5.32 Å². The molecule has 6 nitrogen and oxygen atoms in total. The molecule has 0 bridgehead atoms. The largest absolute Gasteiger partial charge is 0.454 e. The number of amides is 1. The minimum atomic E-state index is -0.455. The zero-order chi connectivity index (χ0) is 22.5. The van der Waals surface area contributed by atoms with E-state index in [-0.39, 0.29) is 23.9 Å². The number of benzene rings is 2. The predicted octanol–water partition coefficient (Wildman–Crippen LogP) is 4.51. The Bertz CT molecular complexity index is 1160. The quantitative estimate of drug-likeness (QED) is 0.749. The van der Waals surface area contributed by atoms with Crippen LogP contribution in [-0.4, -0.2) is 18.5 Å². The second-order valence-electron chi connectivity index (χ2n) is 9.28. The monoisotopic (exact) mass is 430 g/mol. The van der Waals surface area contributed by atoms with Crippen molar-refractivity contribution in [2.24, 2.45) is 11.3 Å². The number of ketones is 1. The van der Waals surface area contributed by atoms with Gasteiger partial charge in [0.15, 0.2) is 11.5 Å². The van der Waals surface area contributed by atoms with Crippen LogP contribution in [0.4, 0.5) is 5.69 Å². The number of hydrogen-bond acceptors (Lipinski definition) is 5. The molecule has 1 amide bonds. The number of ether oxygens (including phenoxy) is 2. The molecule has 2 aromatic rings. The molecule has 2 aromatic carbocycles. The third kappa shape index (κ3) is 3.55. The molecule has 0 aromatic heterocycles. The van der Waals surface area contributed by atoms with Crippen molar-refractivity contribution in [2.75, 3.05) is 12.1 Å². The Kier molecular flexibility index (Phi) is 4.81. The molecule has 2 aliphatic heterocycles. The number of nitrogens with one attached hydrogen (secondary N) is 2. The molecule has 0 radical (unpaired) electrons. The number of rotatable bonds is 3. The van der Waals surface area contributed by atoms with E-state index in [1.165, 1.54) is 0 Å². The lowest BCUT2D eigenvalue weighted by atomic mass is 9.66. The second kappa shape index (κ2) is 7.55. The van der Waals surface area contributed by atoms with Gasteiger partial charge in [0.2, 0.25) is 6.79 Å². The van der Waals surface area contributed by atoms with Gasteiger partial charge in [-0.3, -0.25) is 9.59 Å². The number of fused-ring (bicyclic) bond motifs is 2. The maximum Gasteiger partial charge on any atom is 0.253 e. The van der Waals surface area contributed by atoms with Crippen LogP contribution >= 0.6 is 0 Å². The van der Waals surface area contributed by atoms with Crippen LogP contribution in [-0.2, 0) is 9.59 Å². The van der Waals surface area contributed by atoms with Crippen molar-refractivity contribution in [3.05, 3.63) is 77.1 Å². The summed E-state index contributed by atoms with van der Waals surface area (Å²) in [4.78, 5) is 26.9. The topological polar surface area (TPSA) is 76.7 Å². The van der Waals surface area contributed by atoms with E-state index < -0.39 is 11.8 Å². The highest BCUT2D eigenvalue weighted by Gasteiger charge is 2.46. The highest BCUT2D eigenvalue weighted by atomic mass is 16.7.